The van der Waals surface area contributed by atoms with Crippen LogP contribution in [-0.2, 0) is 9.53 Å². The SMILES string of the molecule is CCCCCCCCCCCCCCC(=O)OC(C)c1ccc(-c2ccccc2-c2ccc(OCCCCCCC)cc2)cc1. The van der Waals surface area contributed by atoms with E-state index in [4.69, 9.17) is 9.47 Å². The van der Waals surface area contributed by atoms with Gasteiger partial charge >= 0.3 is 5.97 Å². The zero-order chi connectivity index (χ0) is 32.0. The van der Waals surface area contributed by atoms with E-state index in [0.29, 0.717) is 6.42 Å². The molecule has 3 aromatic carbocycles. The predicted octanol–water partition coefficient (Wildman–Crippen LogP) is 13.1. The number of benzene rings is 3. The molecule has 1 unspecified atom stereocenters. The summed E-state index contributed by atoms with van der Waals surface area (Å²) in [6.45, 7) is 7.26. The van der Waals surface area contributed by atoms with Crippen LogP contribution in [0.2, 0.25) is 0 Å². The van der Waals surface area contributed by atoms with Crippen molar-refractivity contribution >= 4 is 5.97 Å². The zero-order valence-electron chi connectivity index (χ0n) is 28.7. The molecule has 0 saturated heterocycles. The van der Waals surface area contributed by atoms with Crippen LogP contribution in [0, 0.1) is 0 Å². The predicted molar refractivity (Wildman–Crippen MR) is 192 cm³/mol. The topological polar surface area (TPSA) is 35.5 Å². The number of esters is 1. The van der Waals surface area contributed by atoms with Gasteiger partial charge in [-0.05, 0) is 59.7 Å². The molecule has 45 heavy (non-hydrogen) atoms. The zero-order valence-corrected chi connectivity index (χ0v) is 28.7. The van der Waals surface area contributed by atoms with E-state index in [-0.39, 0.29) is 12.1 Å². The van der Waals surface area contributed by atoms with Gasteiger partial charge in [0.2, 0.25) is 0 Å². The van der Waals surface area contributed by atoms with Gasteiger partial charge in [0.15, 0.2) is 0 Å². The van der Waals surface area contributed by atoms with E-state index < -0.39 is 0 Å². The molecule has 0 saturated carbocycles. The molecule has 0 heterocycles. The molecule has 3 rings (SSSR count). The Labute approximate surface area is 275 Å². The lowest BCUT2D eigenvalue weighted by Crippen LogP contribution is -2.08. The number of hydrogen-bond donors (Lipinski definition) is 0. The van der Waals surface area contributed by atoms with Gasteiger partial charge < -0.3 is 9.47 Å². The second-order valence-corrected chi connectivity index (χ2v) is 12.7. The molecule has 3 nitrogen and oxygen atoms in total. The maximum Gasteiger partial charge on any atom is 0.306 e. The fourth-order valence-corrected chi connectivity index (χ4v) is 5.98. The van der Waals surface area contributed by atoms with Crippen molar-refractivity contribution < 1.29 is 14.3 Å². The number of carbonyl (C=O) groups excluding carboxylic acids is 1. The van der Waals surface area contributed by atoms with Crippen molar-refractivity contribution in [2.45, 2.75) is 142 Å². The molecule has 0 aliphatic heterocycles. The maximum atomic E-state index is 12.5. The van der Waals surface area contributed by atoms with Crippen molar-refractivity contribution in [1.29, 1.82) is 0 Å². The van der Waals surface area contributed by atoms with Crippen molar-refractivity contribution in [3.8, 4) is 28.0 Å². The fraction of sp³-hybridized carbons (Fsp3) is 0.548. The first-order valence-corrected chi connectivity index (χ1v) is 18.2. The summed E-state index contributed by atoms with van der Waals surface area (Å²) < 4.78 is 11.8. The summed E-state index contributed by atoms with van der Waals surface area (Å²) in [5, 5.41) is 0. The number of hydrogen-bond acceptors (Lipinski definition) is 3. The van der Waals surface area contributed by atoms with Crippen LogP contribution in [0.4, 0.5) is 0 Å². The van der Waals surface area contributed by atoms with E-state index in [2.05, 4.69) is 86.6 Å². The first-order valence-electron chi connectivity index (χ1n) is 18.2. The quantitative estimate of drug-likeness (QED) is 0.0745. The third-order valence-corrected chi connectivity index (χ3v) is 8.84. The summed E-state index contributed by atoms with van der Waals surface area (Å²) in [7, 11) is 0. The van der Waals surface area contributed by atoms with Crippen LogP contribution in [0.5, 0.6) is 5.75 Å². The Kier molecular flexibility index (Phi) is 18.1. The minimum Gasteiger partial charge on any atom is -0.494 e. The maximum absolute atomic E-state index is 12.5. The van der Waals surface area contributed by atoms with Gasteiger partial charge in [0, 0.05) is 6.42 Å². The van der Waals surface area contributed by atoms with Gasteiger partial charge in [0.25, 0.3) is 0 Å². The Morgan fingerprint density at radius 3 is 1.51 bits per heavy atom. The molecule has 3 heteroatoms. The van der Waals surface area contributed by atoms with Crippen LogP contribution < -0.4 is 4.74 Å². The molecule has 0 aliphatic rings. The molecule has 0 spiro atoms. The minimum absolute atomic E-state index is 0.0899. The van der Waals surface area contributed by atoms with Gasteiger partial charge in [-0.15, -0.1) is 0 Å². The molecule has 0 radical (unpaired) electrons. The molecule has 3 aromatic rings. The van der Waals surface area contributed by atoms with Crippen molar-refractivity contribution in [3.05, 3.63) is 78.4 Å². The summed E-state index contributed by atoms with van der Waals surface area (Å²) in [5.74, 6) is 0.839. The van der Waals surface area contributed by atoms with Crippen LogP contribution >= 0.6 is 0 Å². The van der Waals surface area contributed by atoms with Gasteiger partial charge in [-0.25, -0.2) is 0 Å². The molecular formula is C42H60O3. The van der Waals surface area contributed by atoms with E-state index in [0.717, 1.165) is 42.7 Å². The van der Waals surface area contributed by atoms with E-state index >= 15 is 0 Å². The average molecular weight is 613 g/mol. The summed E-state index contributed by atoms with van der Waals surface area (Å²) in [6, 6.07) is 25.4. The van der Waals surface area contributed by atoms with Gasteiger partial charge in [0.05, 0.1) is 6.61 Å². The van der Waals surface area contributed by atoms with E-state index in [1.165, 1.54) is 107 Å². The molecule has 0 amide bonds. The standard InChI is InChI=1S/C42H60O3/c1-4-6-8-10-11-12-13-14-15-16-17-19-25-42(43)45-35(3)36-26-28-37(29-27-36)40-23-20-21-24-41(40)38-30-32-39(33-31-38)44-34-22-18-9-7-5-2/h20-21,23-24,26-33,35H,4-19,22,25,34H2,1-3H3. The molecule has 0 fully saturated rings. The molecule has 0 aliphatic carbocycles. The highest BCUT2D eigenvalue weighted by molar-refractivity contribution is 5.83. The van der Waals surface area contributed by atoms with Gasteiger partial charge in [-0.1, -0.05) is 171 Å². The highest BCUT2D eigenvalue weighted by Gasteiger charge is 2.13. The van der Waals surface area contributed by atoms with Crippen molar-refractivity contribution in [1.82, 2.24) is 0 Å². The van der Waals surface area contributed by atoms with Gasteiger partial charge in [0.1, 0.15) is 11.9 Å². The third kappa shape index (κ3) is 14.3. The summed E-state index contributed by atoms with van der Waals surface area (Å²) >= 11 is 0. The van der Waals surface area contributed by atoms with Crippen LogP contribution in [0.1, 0.15) is 148 Å². The monoisotopic (exact) mass is 612 g/mol. The first kappa shape index (κ1) is 36.4. The molecule has 0 N–H and O–H groups in total. The minimum atomic E-state index is -0.252. The highest BCUT2D eigenvalue weighted by atomic mass is 16.5. The van der Waals surface area contributed by atoms with Gasteiger partial charge in [-0.2, -0.15) is 0 Å². The van der Waals surface area contributed by atoms with E-state index in [1.54, 1.807) is 0 Å². The van der Waals surface area contributed by atoms with Gasteiger partial charge in [-0.3, -0.25) is 4.79 Å². The van der Waals surface area contributed by atoms with Crippen molar-refractivity contribution in [2.75, 3.05) is 6.61 Å². The van der Waals surface area contributed by atoms with Crippen molar-refractivity contribution in [3.63, 3.8) is 0 Å². The molecule has 0 bridgehead atoms. The Bertz CT molecular complexity index is 1180. The Morgan fingerprint density at radius 1 is 0.556 bits per heavy atom. The lowest BCUT2D eigenvalue weighted by atomic mass is 9.93. The Balaban J connectivity index is 1.40. The highest BCUT2D eigenvalue weighted by Crippen LogP contribution is 2.34. The van der Waals surface area contributed by atoms with Crippen LogP contribution in [-0.4, -0.2) is 12.6 Å². The van der Waals surface area contributed by atoms with E-state index in [1.807, 2.05) is 6.92 Å². The third-order valence-electron chi connectivity index (χ3n) is 8.84. The van der Waals surface area contributed by atoms with Crippen LogP contribution in [0.25, 0.3) is 22.3 Å². The molecule has 246 valence electrons. The number of ether oxygens (including phenoxy) is 2. The first-order chi connectivity index (χ1) is 22.1. The van der Waals surface area contributed by atoms with Crippen LogP contribution in [0.15, 0.2) is 72.8 Å². The lowest BCUT2D eigenvalue weighted by Gasteiger charge is -2.15. The second kappa shape index (κ2) is 22.4. The number of unbranched alkanes of at least 4 members (excludes halogenated alkanes) is 15. The normalized spacial score (nSPS) is 11.8. The molecule has 1 atom stereocenters. The molecular weight excluding hydrogens is 552 g/mol. The smallest absolute Gasteiger partial charge is 0.306 e. The average Bonchev–Trinajstić information content (AvgIpc) is 3.07. The fourth-order valence-electron chi connectivity index (χ4n) is 5.98. The second-order valence-electron chi connectivity index (χ2n) is 12.7. The van der Waals surface area contributed by atoms with E-state index in [9.17, 15) is 4.79 Å². The summed E-state index contributed by atoms with van der Waals surface area (Å²) in [4.78, 5) is 12.5. The van der Waals surface area contributed by atoms with Crippen LogP contribution in [0.3, 0.4) is 0 Å². The largest absolute Gasteiger partial charge is 0.494 e. The number of rotatable bonds is 24. The Hall–Kier alpha value is -3.07. The Morgan fingerprint density at radius 2 is 1.00 bits per heavy atom. The summed E-state index contributed by atoms with van der Waals surface area (Å²) in [6.07, 6.45) is 22.0. The number of carbonyl (C=O) groups is 1. The van der Waals surface area contributed by atoms with Crippen molar-refractivity contribution in [2.24, 2.45) is 0 Å². The molecule has 0 aromatic heterocycles. The summed E-state index contributed by atoms with van der Waals surface area (Å²) in [5.41, 5.74) is 5.72. The lowest BCUT2D eigenvalue weighted by molar-refractivity contribution is -0.148.